The summed E-state index contributed by atoms with van der Waals surface area (Å²) in [6.07, 6.45) is 1.26. The number of thioether (sulfide) groups is 1. The average Bonchev–Trinajstić information content (AvgIpc) is 2.92. The summed E-state index contributed by atoms with van der Waals surface area (Å²) in [5.74, 6) is 0.225. The Bertz CT molecular complexity index is 831. The molecule has 1 aliphatic heterocycles. The maximum absolute atomic E-state index is 12.9. The van der Waals surface area contributed by atoms with Crippen LogP contribution in [0.5, 0.6) is 0 Å². The second kappa shape index (κ2) is 8.40. The molecule has 0 bridgehead atoms. The van der Waals surface area contributed by atoms with Gasteiger partial charge in [0, 0.05) is 17.8 Å². The lowest BCUT2D eigenvalue weighted by molar-refractivity contribution is -0.132. The first-order valence-electron chi connectivity index (χ1n) is 8.71. The highest BCUT2D eigenvalue weighted by Crippen LogP contribution is 2.26. The second-order valence-electron chi connectivity index (χ2n) is 6.78. The third kappa shape index (κ3) is 4.77. The van der Waals surface area contributed by atoms with Crippen molar-refractivity contribution in [3.05, 3.63) is 22.9 Å². The zero-order chi connectivity index (χ0) is 19.5. The van der Waals surface area contributed by atoms with Crippen LogP contribution in [0.25, 0.3) is 0 Å². The van der Waals surface area contributed by atoms with Gasteiger partial charge in [0.2, 0.25) is 5.91 Å². The summed E-state index contributed by atoms with van der Waals surface area (Å²) in [5.41, 5.74) is 2.14. The maximum atomic E-state index is 12.9. The van der Waals surface area contributed by atoms with Gasteiger partial charge in [0.05, 0.1) is 22.8 Å². The van der Waals surface area contributed by atoms with Gasteiger partial charge in [-0.25, -0.2) is 13.4 Å². The molecule has 1 fully saturated rings. The van der Waals surface area contributed by atoms with Gasteiger partial charge in [0.25, 0.3) is 0 Å². The Balaban J connectivity index is 2.17. The molecule has 1 aromatic rings. The summed E-state index contributed by atoms with van der Waals surface area (Å²) in [4.78, 5) is 19.0. The Morgan fingerprint density at radius 3 is 2.73 bits per heavy atom. The Hall–Kier alpha value is -1.59. The summed E-state index contributed by atoms with van der Waals surface area (Å²) in [7, 11) is -3.06. The number of aryl methyl sites for hydroxylation is 2. The Morgan fingerprint density at radius 1 is 1.50 bits per heavy atom. The van der Waals surface area contributed by atoms with Gasteiger partial charge in [0.1, 0.15) is 11.1 Å². The molecule has 0 aromatic carbocycles. The van der Waals surface area contributed by atoms with Crippen LogP contribution in [0.1, 0.15) is 43.5 Å². The first-order chi connectivity index (χ1) is 12.2. The molecule has 1 amide bonds. The number of nitrogens with zero attached hydrogens (tertiary/aromatic N) is 3. The van der Waals surface area contributed by atoms with Gasteiger partial charge < -0.3 is 4.90 Å². The molecule has 0 unspecified atom stereocenters. The van der Waals surface area contributed by atoms with Crippen LogP contribution in [0.3, 0.4) is 0 Å². The summed E-state index contributed by atoms with van der Waals surface area (Å²) < 4.78 is 23.7. The summed E-state index contributed by atoms with van der Waals surface area (Å²) in [5, 5.41) is 9.91. The van der Waals surface area contributed by atoms with Crippen molar-refractivity contribution in [2.75, 3.05) is 17.3 Å². The van der Waals surface area contributed by atoms with E-state index in [4.69, 9.17) is 0 Å². The van der Waals surface area contributed by atoms with E-state index in [0.29, 0.717) is 17.0 Å². The predicted octanol–water partition coefficient (Wildman–Crippen LogP) is 2.48. The number of aromatic nitrogens is 1. The molecule has 8 heteroatoms. The van der Waals surface area contributed by atoms with Crippen LogP contribution >= 0.6 is 11.8 Å². The number of nitriles is 1. The first-order valence-corrected chi connectivity index (χ1v) is 11.5. The summed E-state index contributed by atoms with van der Waals surface area (Å²) >= 11 is 1.25. The topological polar surface area (TPSA) is 91.1 Å². The number of carbonyl (C=O) groups excluding carboxylic acids is 1. The largest absolute Gasteiger partial charge is 0.335 e. The Labute approximate surface area is 159 Å². The van der Waals surface area contributed by atoms with Crippen LogP contribution in [0.2, 0.25) is 0 Å². The second-order valence-corrected chi connectivity index (χ2v) is 9.97. The van der Waals surface area contributed by atoms with E-state index in [-0.39, 0.29) is 35.2 Å². The van der Waals surface area contributed by atoms with Crippen LogP contribution in [-0.2, 0) is 14.6 Å². The molecule has 6 nitrogen and oxygen atoms in total. The highest BCUT2D eigenvalue weighted by molar-refractivity contribution is 8.00. The molecule has 1 aliphatic rings. The Morgan fingerprint density at radius 2 is 2.19 bits per heavy atom. The van der Waals surface area contributed by atoms with Crippen molar-refractivity contribution in [2.24, 2.45) is 0 Å². The minimum absolute atomic E-state index is 0.0240. The normalized spacial score (nSPS) is 19.7. The number of rotatable bonds is 6. The zero-order valence-corrected chi connectivity index (χ0v) is 17.3. The van der Waals surface area contributed by atoms with Crippen LogP contribution in [-0.4, -0.2) is 53.6 Å². The molecule has 0 N–H and O–H groups in total. The minimum atomic E-state index is -3.06. The molecule has 26 heavy (non-hydrogen) atoms. The van der Waals surface area contributed by atoms with Gasteiger partial charge in [-0.3, -0.25) is 4.79 Å². The molecule has 0 saturated carbocycles. The van der Waals surface area contributed by atoms with Gasteiger partial charge in [0.15, 0.2) is 9.84 Å². The lowest BCUT2D eigenvalue weighted by atomic mass is 10.1. The van der Waals surface area contributed by atoms with Crippen LogP contribution in [0, 0.1) is 25.2 Å². The average molecular weight is 396 g/mol. The van der Waals surface area contributed by atoms with E-state index >= 15 is 0 Å². The lowest BCUT2D eigenvalue weighted by Gasteiger charge is -2.33. The van der Waals surface area contributed by atoms with Gasteiger partial charge in [-0.1, -0.05) is 18.7 Å². The van der Waals surface area contributed by atoms with E-state index in [9.17, 15) is 18.5 Å². The van der Waals surface area contributed by atoms with Gasteiger partial charge in [-0.15, -0.1) is 0 Å². The van der Waals surface area contributed by atoms with Crippen molar-refractivity contribution in [1.29, 1.82) is 5.26 Å². The van der Waals surface area contributed by atoms with Crippen LogP contribution in [0.15, 0.2) is 11.1 Å². The monoisotopic (exact) mass is 395 g/mol. The molecule has 142 valence electrons. The molecule has 0 spiro atoms. The molecular weight excluding hydrogens is 370 g/mol. The van der Waals surface area contributed by atoms with E-state index in [1.54, 1.807) is 4.90 Å². The summed E-state index contributed by atoms with van der Waals surface area (Å²) in [6.45, 7) is 7.65. The van der Waals surface area contributed by atoms with E-state index < -0.39 is 9.84 Å². The smallest absolute Gasteiger partial charge is 0.233 e. The number of carbonyl (C=O) groups is 1. The van der Waals surface area contributed by atoms with Crippen molar-refractivity contribution in [2.45, 2.75) is 57.6 Å². The fourth-order valence-corrected chi connectivity index (χ4v) is 5.93. The predicted molar refractivity (Wildman–Crippen MR) is 103 cm³/mol. The minimum Gasteiger partial charge on any atom is -0.335 e. The summed E-state index contributed by atoms with van der Waals surface area (Å²) in [6, 6.07) is 3.72. The van der Waals surface area contributed by atoms with Gasteiger partial charge >= 0.3 is 0 Å². The molecular formula is C18H25N3O3S2. The number of pyridine rings is 1. The number of amides is 1. The van der Waals surface area contributed by atoms with Gasteiger partial charge in [-0.2, -0.15) is 5.26 Å². The quantitative estimate of drug-likeness (QED) is 0.687. The first kappa shape index (κ1) is 20.7. The Kier molecular flexibility index (Phi) is 6.69. The SMILES string of the molecule is CC[C@H](C)N(C(=O)CSc1nc(C)cc(C)c1C#N)[C@@H]1CCS(=O)(=O)C1. The molecule has 2 atom stereocenters. The van der Waals surface area contributed by atoms with Crippen molar-refractivity contribution in [1.82, 2.24) is 9.88 Å². The fourth-order valence-electron chi connectivity index (χ4n) is 3.25. The van der Waals surface area contributed by atoms with Crippen molar-refractivity contribution in [3.8, 4) is 6.07 Å². The fraction of sp³-hybridized carbons (Fsp3) is 0.611. The van der Waals surface area contributed by atoms with E-state index in [0.717, 1.165) is 17.7 Å². The highest BCUT2D eigenvalue weighted by atomic mass is 32.2. The van der Waals surface area contributed by atoms with E-state index in [2.05, 4.69) is 11.1 Å². The molecule has 0 radical (unpaired) electrons. The van der Waals surface area contributed by atoms with Crippen molar-refractivity contribution < 1.29 is 13.2 Å². The highest BCUT2D eigenvalue weighted by Gasteiger charge is 2.36. The zero-order valence-electron chi connectivity index (χ0n) is 15.7. The molecule has 1 aromatic heterocycles. The number of hydrogen-bond donors (Lipinski definition) is 0. The standard InChI is InChI=1S/C18H25N3O3S2/c1-5-14(4)21(15-6-7-26(23,24)11-15)17(22)10-25-18-16(9-19)12(2)8-13(3)20-18/h8,14-15H,5-7,10-11H2,1-4H3/t14-,15+/m0/s1. The van der Waals surface area contributed by atoms with E-state index in [1.807, 2.05) is 33.8 Å². The molecule has 1 saturated heterocycles. The van der Waals surface area contributed by atoms with Gasteiger partial charge in [-0.05, 0) is 45.2 Å². The number of sulfone groups is 1. The molecule has 0 aliphatic carbocycles. The van der Waals surface area contributed by atoms with Crippen molar-refractivity contribution in [3.63, 3.8) is 0 Å². The lowest BCUT2D eigenvalue weighted by Crippen LogP contribution is -2.47. The molecule has 2 heterocycles. The van der Waals surface area contributed by atoms with Crippen LogP contribution < -0.4 is 0 Å². The molecule has 2 rings (SSSR count). The third-order valence-corrected chi connectivity index (χ3v) is 7.42. The van der Waals surface area contributed by atoms with Crippen LogP contribution in [0.4, 0.5) is 0 Å². The number of hydrogen-bond acceptors (Lipinski definition) is 6. The third-order valence-electron chi connectivity index (χ3n) is 4.71. The van der Waals surface area contributed by atoms with E-state index in [1.165, 1.54) is 11.8 Å². The van der Waals surface area contributed by atoms with Crippen molar-refractivity contribution >= 4 is 27.5 Å². The maximum Gasteiger partial charge on any atom is 0.233 e.